The van der Waals surface area contributed by atoms with E-state index in [1.54, 1.807) is 6.20 Å². The summed E-state index contributed by atoms with van der Waals surface area (Å²) in [6.45, 7) is 0. The summed E-state index contributed by atoms with van der Waals surface area (Å²) in [5.74, 6) is -0.270. The molecule has 104 valence electrons. The van der Waals surface area contributed by atoms with E-state index in [1.807, 2.05) is 35.9 Å². The number of aryl methyl sites for hydroxylation is 1. The van der Waals surface area contributed by atoms with Gasteiger partial charge in [-0.1, -0.05) is 18.2 Å². The second-order valence-corrected chi connectivity index (χ2v) is 5.80. The van der Waals surface area contributed by atoms with Gasteiger partial charge in [-0.15, -0.1) is 11.8 Å². The van der Waals surface area contributed by atoms with Gasteiger partial charge in [-0.3, -0.25) is 4.79 Å². The van der Waals surface area contributed by atoms with E-state index in [4.69, 9.17) is 0 Å². The molecular weight excluding hydrogens is 276 g/mol. The monoisotopic (exact) mass is 290 g/mol. The molecule has 1 aromatic heterocycles. The van der Waals surface area contributed by atoms with Crippen LogP contribution in [0.2, 0.25) is 0 Å². The predicted molar refractivity (Wildman–Crippen MR) is 77.8 cm³/mol. The number of thioether (sulfide) groups is 1. The summed E-state index contributed by atoms with van der Waals surface area (Å²) in [5.41, 5.74) is 1.53. The van der Waals surface area contributed by atoms with E-state index in [0.29, 0.717) is 17.2 Å². The van der Waals surface area contributed by atoms with Crippen molar-refractivity contribution in [1.82, 2.24) is 9.47 Å². The second-order valence-electron chi connectivity index (χ2n) is 4.80. The highest BCUT2D eigenvalue weighted by molar-refractivity contribution is 7.99. The molecule has 0 unspecified atom stereocenters. The van der Waals surface area contributed by atoms with Crippen LogP contribution in [0.4, 0.5) is 0 Å². The molecule has 6 heteroatoms. The first kappa shape index (κ1) is 13.1. The van der Waals surface area contributed by atoms with E-state index >= 15 is 0 Å². The van der Waals surface area contributed by atoms with E-state index in [1.165, 1.54) is 16.7 Å². The number of carbonyl (C=O) groups excluding carboxylic acids is 1. The highest BCUT2D eigenvalue weighted by Crippen LogP contribution is 2.27. The standard InChI is InChI=1S/C14H14N2O3S/c1-15-6-10(9-4-2-3-5-11(9)15)13(17)16-8-20-7-12(16)14(18)19/h2-6,12H,7-8H2,1H3,(H,18,19)/t12-/m0/s1. The molecule has 0 aliphatic carbocycles. The van der Waals surface area contributed by atoms with Gasteiger partial charge in [0.15, 0.2) is 0 Å². The number of hydrogen-bond acceptors (Lipinski definition) is 3. The minimum absolute atomic E-state index is 0.209. The minimum atomic E-state index is -0.941. The topological polar surface area (TPSA) is 62.5 Å². The Bertz CT molecular complexity index is 695. The number of amides is 1. The molecular formula is C14H14N2O3S. The van der Waals surface area contributed by atoms with Gasteiger partial charge >= 0.3 is 5.97 Å². The maximum absolute atomic E-state index is 12.6. The summed E-state index contributed by atoms with van der Waals surface area (Å²) in [4.78, 5) is 25.3. The molecule has 1 N–H and O–H groups in total. The molecule has 0 spiro atoms. The molecule has 0 bridgehead atoms. The number of carbonyl (C=O) groups is 2. The summed E-state index contributed by atoms with van der Waals surface area (Å²) in [6.07, 6.45) is 1.77. The highest BCUT2D eigenvalue weighted by atomic mass is 32.2. The third-order valence-corrected chi connectivity index (χ3v) is 4.57. The zero-order chi connectivity index (χ0) is 14.3. The number of nitrogens with zero attached hydrogens (tertiary/aromatic N) is 2. The minimum Gasteiger partial charge on any atom is -0.480 e. The summed E-state index contributed by atoms with van der Waals surface area (Å²) >= 11 is 1.47. The Morgan fingerprint density at radius 1 is 1.35 bits per heavy atom. The van der Waals surface area contributed by atoms with E-state index in [2.05, 4.69) is 0 Å². The number of aliphatic carboxylic acids is 1. The highest BCUT2D eigenvalue weighted by Gasteiger charge is 2.35. The van der Waals surface area contributed by atoms with E-state index in [0.717, 1.165) is 10.9 Å². The Kier molecular flexibility index (Phi) is 3.17. The number of carboxylic acid groups (broad SMARTS) is 1. The summed E-state index contributed by atoms with van der Waals surface area (Å²) in [6, 6.07) is 6.90. The smallest absolute Gasteiger partial charge is 0.327 e. The van der Waals surface area contributed by atoms with Crippen LogP contribution in [0, 0.1) is 0 Å². The van der Waals surface area contributed by atoms with Crippen LogP contribution in [0.5, 0.6) is 0 Å². The second kappa shape index (κ2) is 4.86. The van der Waals surface area contributed by atoms with Crippen LogP contribution in [0.15, 0.2) is 30.5 Å². The van der Waals surface area contributed by atoms with Crippen LogP contribution < -0.4 is 0 Å². The van der Waals surface area contributed by atoms with Crippen LogP contribution in [0.25, 0.3) is 10.9 Å². The number of para-hydroxylation sites is 1. The molecule has 1 saturated heterocycles. The molecule has 1 aliphatic rings. The first-order valence-corrected chi connectivity index (χ1v) is 7.40. The van der Waals surface area contributed by atoms with E-state index < -0.39 is 12.0 Å². The zero-order valence-corrected chi connectivity index (χ0v) is 11.8. The van der Waals surface area contributed by atoms with Crippen molar-refractivity contribution in [2.75, 3.05) is 11.6 Å². The average Bonchev–Trinajstić information content (AvgIpc) is 3.04. The fourth-order valence-electron chi connectivity index (χ4n) is 2.51. The lowest BCUT2D eigenvalue weighted by molar-refractivity contribution is -0.140. The first-order chi connectivity index (χ1) is 9.59. The van der Waals surface area contributed by atoms with Crippen molar-refractivity contribution in [3.05, 3.63) is 36.0 Å². The zero-order valence-electron chi connectivity index (χ0n) is 10.9. The van der Waals surface area contributed by atoms with E-state index in [9.17, 15) is 14.7 Å². The summed E-state index contributed by atoms with van der Waals surface area (Å²) in [5, 5.41) is 10.0. The molecule has 5 nitrogen and oxygen atoms in total. The Balaban J connectivity index is 2.03. The molecule has 2 aromatic rings. The van der Waals surface area contributed by atoms with Crippen LogP contribution in [0.3, 0.4) is 0 Å². The lowest BCUT2D eigenvalue weighted by atomic mass is 10.1. The quantitative estimate of drug-likeness (QED) is 0.915. The number of rotatable bonds is 2. The van der Waals surface area contributed by atoms with Gasteiger partial charge in [-0.2, -0.15) is 0 Å². The van der Waals surface area contributed by atoms with Crippen molar-refractivity contribution >= 4 is 34.5 Å². The maximum Gasteiger partial charge on any atom is 0.327 e. The third kappa shape index (κ3) is 1.96. The Labute approximate surface area is 120 Å². The van der Waals surface area contributed by atoms with Gasteiger partial charge in [0.05, 0.1) is 11.4 Å². The molecule has 2 heterocycles. The van der Waals surface area contributed by atoms with Gasteiger partial charge in [-0.05, 0) is 6.07 Å². The summed E-state index contributed by atoms with van der Waals surface area (Å²) < 4.78 is 1.89. The lowest BCUT2D eigenvalue weighted by Gasteiger charge is -2.20. The molecule has 20 heavy (non-hydrogen) atoms. The molecule has 1 aliphatic heterocycles. The van der Waals surface area contributed by atoms with Crippen molar-refractivity contribution in [3.8, 4) is 0 Å². The van der Waals surface area contributed by atoms with Gasteiger partial charge in [0.1, 0.15) is 6.04 Å². The third-order valence-electron chi connectivity index (χ3n) is 3.56. The molecule has 3 rings (SSSR count). The first-order valence-electron chi connectivity index (χ1n) is 6.25. The number of hydrogen-bond donors (Lipinski definition) is 1. The van der Waals surface area contributed by atoms with Crippen molar-refractivity contribution < 1.29 is 14.7 Å². The number of carboxylic acids is 1. The normalized spacial score (nSPS) is 18.6. The average molecular weight is 290 g/mol. The molecule has 0 radical (unpaired) electrons. The molecule has 1 amide bonds. The van der Waals surface area contributed by atoms with Gasteiger partial charge in [-0.25, -0.2) is 4.79 Å². The van der Waals surface area contributed by atoms with Crippen molar-refractivity contribution in [3.63, 3.8) is 0 Å². The van der Waals surface area contributed by atoms with Crippen molar-refractivity contribution in [1.29, 1.82) is 0 Å². The SMILES string of the molecule is Cn1cc(C(=O)N2CSC[C@H]2C(=O)O)c2ccccc21. The Morgan fingerprint density at radius 2 is 2.10 bits per heavy atom. The molecule has 1 fully saturated rings. The number of fused-ring (bicyclic) bond motifs is 1. The molecule has 0 saturated carbocycles. The van der Waals surface area contributed by atoms with Gasteiger partial charge in [0.25, 0.3) is 5.91 Å². The van der Waals surface area contributed by atoms with Crippen LogP contribution in [0.1, 0.15) is 10.4 Å². The lowest BCUT2D eigenvalue weighted by Crippen LogP contribution is -2.41. The Hall–Kier alpha value is -1.95. The fourth-order valence-corrected chi connectivity index (χ4v) is 3.66. The van der Waals surface area contributed by atoms with Gasteiger partial charge in [0, 0.05) is 29.9 Å². The van der Waals surface area contributed by atoms with Crippen LogP contribution >= 0.6 is 11.8 Å². The largest absolute Gasteiger partial charge is 0.480 e. The van der Waals surface area contributed by atoms with Crippen LogP contribution in [-0.4, -0.2) is 44.1 Å². The van der Waals surface area contributed by atoms with Crippen molar-refractivity contribution in [2.24, 2.45) is 7.05 Å². The molecule has 1 aromatic carbocycles. The van der Waals surface area contributed by atoms with Crippen LogP contribution in [-0.2, 0) is 11.8 Å². The summed E-state index contributed by atoms with van der Waals surface area (Å²) in [7, 11) is 1.88. The maximum atomic E-state index is 12.6. The Morgan fingerprint density at radius 3 is 2.85 bits per heavy atom. The fraction of sp³-hybridized carbons (Fsp3) is 0.286. The molecule has 1 atom stereocenters. The van der Waals surface area contributed by atoms with Gasteiger partial charge < -0.3 is 14.6 Å². The van der Waals surface area contributed by atoms with E-state index in [-0.39, 0.29) is 5.91 Å². The van der Waals surface area contributed by atoms with Crippen molar-refractivity contribution in [2.45, 2.75) is 6.04 Å². The van der Waals surface area contributed by atoms with Gasteiger partial charge in [0.2, 0.25) is 0 Å². The number of benzene rings is 1. The number of aromatic nitrogens is 1. The predicted octanol–water partition coefficient (Wildman–Crippen LogP) is 1.78.